The number of hydrogen-bond acceptors (Lipinski definition) is 5. The van der Waals surface area contributed by atoms with Crippen molar-refractivity contribution in [3.8, 4) is 16.5 Å². The first-order valence-corrected chi connectivity index (χ1v) is 11.9. The van der Waals surface area contributed by atoms with Crippen molar-refractivity contribution in [1.29, 1.82) is 5.26 Å². The van der Waals surface area contributed by atoms with E-state index in [1.807, 2.05) is 36.6 Å². The monoisotopic (exact) mass is 443 g/mol. The van der Waals surface area contributed by atoms with Gasteiger partial charge >= 0.3 is 0 Å². The highest BCUT2D eigenvalue weighted by Crippen LogP contribution is 2.43. The molecule has 3 aromatic carbocycles. The number of rotatable bonds is 3. The number of para-hydroxylation sites is 1. The zero-order valence-electron chi connectivity index (χ0n) is 16.5. The maximum absolute atomic E-state index is 13.9. The van der Waals surface area contributed by atoms with Gasteiger partial charge in [-0.3, -0.25) is 0 Å². The fourth-order valence-electron chi connectivity index (χ4n) is 3.93. The van der Waals surface area contributed by atoms with Gasteiger partial charge in [-0.25, -0.2) is 12.4 Å². The molecule has 31 heavy (non-hydrogen) atoms. The molecule has 0 radical (unpaired) electrons. The molecule has 0 saturated heterocycles. The second kappa shape index (κ2) is 6.98. The van der Waals surface area contributed by atoms with Gasteiger partial charge in [0.15, 0.2) is 0 Å². The topological polar surface area (TPSA) is 88.9 Å². The van der Waals surface area contributed by atoms with Crippen molar-refractivity contribution in [3.63, 3.8) is 0 Å². The minimum Gasteiger partial charge on any atom is -0.397 e. The van der Waals surface area contributed by atoms with Gasteiger partial charge in [-0.15, -0.1) is 11.3 Å². The lowest BCUT2D eigenvalue weighted by atomic mass is 10.0. The molecule has 5 rings (SSSR count). The van der Waals surface area contributed by atoms with Crippen molar-refractivity contribution in [3.05, 3.63) is 83.2 Å². The summed E-state index contributed by atoms with van der Waals surface area (Å²) in [6.07, 6.45) is 0. The van der Waals surface area contributed by atoms with Crippen LogP contribution >= 0.6 is 11.3 Å². The van der Waals surface area contributed by atoms with Gasteiger partial charge in [0.1, 0.15) is 6.07 Å². The third kappa shape index (κ3) is 2.84. The van der Waals surface area contributed by atoms with Crippen LogP contribution in [0.2, 0.25) is 0 Å². The van der Waals surface area contributed by atoms with E-state index in [9.17, 15) is 13.7 Å². The third-order valence-corrected chi connectivity index (χ3v) is 8.03. The molecule has 2 heterocycles. The second-order valence-corrected chi connectivity index (χ2v) is 10.0. The smallest absolute Gasteiger partial charge is 0.268 e. The number of aryl methyl sites for hydroxylation is 1. The Kier molecular flexibility index (Phi) is 4.36. The highest BCUT2D eigenvalue weighted by Gasteiger charge is 2.27. The third-order valence-electron chi connectivity index (χ3n) is 5.40. The molecule has 0 spiro atoms. The van der Waals surface area contributed by atoms with Crippen LogP contribution in [-0.2, 0) is 10.0 Å². The van der Waals surface area contributed by atoms with E-state index in [4.69, 9.17) is 5.73 Å². The van der Waals surface area contributed by atoms with Crippen molar-refractivity contribution in [2.75, 3.05) is 5.73 Å². The first-order chi connectivity index (χ1) is 14.9. The van der Waals surface area contributed by atoms with Crippen LogP contribution in [0.1, 0.15) is 11.1 Å². The Morgan fingerprint density at radius 1 is 1.03 bits per heavy atom. The SMILES string of the molecule is Cc1ccc(S(=O)(=O)n2c3ccccc3c3c(N)c(C#N)cc(-c4cccs4)c32)cc1. The Labute approximate surface area is 183 Å². The van der Waals surface area contributed by atoms with Crippen molar-refractivity contribution in [2.45, 2.75) is 11.8 Å². The molecule has 0 aliphatic carbocycles. The normalized spacial score (nSPS) is 11.7. The van der Waals surface area contributed by atoms with Crippen molar-refractivity contribution in [2.24, 2.45) is 0 Å². The summed E-state index contributed by atoms with van der Waals surface area (Å²) >= 11 is 1.48. The summed E-state index contributed by atoms with van der Waals surface area (Å²) in [5.74, 6) is 0. The number of aromatic nitrogens is 1. The van der Waals surface area contributed by atoms with E-state index >= 15 is 0 Å². The summed E-state index contributed by atoms with van der Waals surface area (Å²) in [7, 11) is -3.93. The van der Waals surface area contributed by atoms with E-state index in [0.717, 1.165) is 10.4 Å². The predicted octanol–water partition coefficient (Wildman–Crippen LogP) is 5.52. The molecule has 152 valence electrons. The minimum absolute atomic E-state index is 0.195. The summed E-state index contributed by atoms with van der Waals surface area (Å²) in [6, 6.07) is 21.7. The maximum Gasteiger partial charge on any atom is 0.268 e. The molecule has 0 aliphatic heterocycles. The summed E-state index contributed by atoms with van der Waals surface area (Å²) < 4.78 is 29.1. The molecule has 2 N–H and O–H groups in total. The van der Waals surface area contributed by atoms with Crippen molar-refractivity contribution >= 4 is 48.9 Å². The first kappa shape index (κ1) is 19.4. The fraction of sp³-hybridized carbons (Fsp3) is 0.0417. The lowest BCUT2D eigenvalue weighted by Gasteiger charge is -2.13. The van der Waals surface area contributed by atoms with Crippen LogP contribution in [0.4, 0.5) is 5.69 Å². The Morgan fingerprint density at radius 3 is 2.45 bits per heavy atom. The standard InChI is InChI=1S/C24H17N3O2S2/c1-15-8-10-17(11-9-15)31(28,29)27-20-6-3-2-5-18(20)22-23(26)16(14-25)13-19(24(22)27)21-7-4-12-30-21/h2-13H,26H2,1H3. The average molecular weight is 444 g/mol. The Bertz CT molecular complexity index is 1610. The van der Waals surface area contributed by atoms with E-state index in [0.29, 0.717) is 32.9 Å². The molecule has 7 heteroatoms. The Hall–Kier alpha value is -3.60. The van der Waals surface area contributed by atoms with Crippen LogP contribution < -0.4 is 5.73 Å². The largest absolute Gasteiger partial charge is 0.397 e. The van der Waals surface area contributed by atoms with Crippen molar-refractivity contribution in [1.82, 2.24) is 3.97 Å². The number of nitrogens with two attached hydrogens (primary N) is 1. The van der Waals surface area contributed by atoms with Gasteiger partial charge in [-0.2, -0.15) is 5.26 Å². The molecular weight excluding hydrogens is 426 g/mol. The molecule has 0 bridgehead atoms. The number of hydrogen-bond donors (Lipinski definition) is 1. The van der Waals surface area contributed by atoms with Gasteiger partial charge in [0.05, 0.1) is 27.2 Å². The van der Waals surface area contributed by atoms with Crippen molar-refractivity contribution < 1.29 is 8.42 Å². The van der Waals surface area contributed by atoms with E-state index in [1.54, 1.807) is 42.5 Å². The van der Waals surface area contributed by atoms with Crippen LogP contribution in [0, 0.1) is 18.3 Å². The predicted molar refractivity (Wildman–Crippen MR) is 126 cm³/mol. The van der Waals surface area contributed by atoms with Gasteiger partial charge in [0, 0.05) is 21.2 Å². The van der Waals surface area contributed by atoms with Gasteiger partial charge < -0.3 is 5.73 Å². The summed E-state index contributed by atoms with van der Waals surface area (Å²) in [4.78, 5) is 1.06. The number of fused-ring (bicyclic) bond motifs is 3. The molecule has 0 saturated carbocycles. The lowest BCUT2D eigenvalue weighted by Crippen LogP contribution is -2.13. The first-order valence-electron chi connectivity index (χ1n) is 9.55. The van der Waals surface area contributed by atoms with Crippen LogP contribution in [0.3, 0.4) is 0 Å². The number of nitriles is 1. The van der Waals surface area contributed by atoms with E-state index in [1.165, 1.54) is 15.3 Å². The average Bonchev–Trinajstić information content (AvgIpc) is 3.41. The number of nitrogen functional groups attached to an aromatic ring is 1. The van der Waals surface area contributed by atoms with E-state index in [-0.39, 0.29) is 10.6 Å². The van der Waals surface area contributed by atoms with Crippen LogP contribution in [0.25, 0.3) is 32.2 Å². The van der Waals surface area contributed by atoms with Crippen LogP contribution in [0.5, 0.6) is 0 Å². The molecule has 0 atom stereocenters. The number of benzene rings is 3. The zero-order valence-corrected chi connectivity index (χ0v) is 18.2. The summed E-state index contributed by atoms with van der Waals surface area (Å²) in [6.45, 7) is 1.91. The number of anilines is 1. The highest BCUT2D eigenvalue weighted by molar-refractivity contribution is 7.90. The van der Waals surface area contributed by atoms with Gasteiger partial charge in [-0.1, -0.05) is 42.0 Å². The molecule has 2 aromatic heterocycles. The van der Waals surface area contributed by atoms with Gasteiger partial charge in [0.2, 0.25) is 0 Å². The summed E-state index contributed by atoms with van der Waals surface area (Å²) in [5, 5.41) is 12.9. The maximum atomic E-state index is 13.9. The quantitative estimate of drug-likeness (QED) is 0.372. The molecule has 5 aromatic rings. The fourth-order valence-corrected chi connectivity index (χ4v) is 6.21. The highest BCUT2D eigenvalue weighted by atomic mass is 32.2. The molecule has 0 unspecified atom stereocenters. The Balaban J connectivity index is 2.03. The zero-order chi connectivity index (χ0) is 21.8. The van der Waals surface area contributed by atoms with Crippen LogP contribution in [-0.4, -0.2) is 12.4 Å². The molecule has 0 amide bonds. The van der Waals surface area contributed by atoms with E-state index < -0.39 is 10.0 Å². The molecule has 0 aliphatic rings. The minimum atomic E-state index is -3.93. The van der Waals surface area contributed by atoms with Gasteiger partial charge in [0.25, 0.3) is 10.0 Å². The van der Waals surface area contributed by atoms with Crippen LogP contribution in [0.15, 0.2) is 77.0 Å². The molecule has 5 nitrogen and oxygen atoms in total. The lowest BCUT2D eigenvalue weighted by molar-refractivity contribution is 0.590. The molecular formula is C24H17N3O2S2. The number of nitrogens with zero attached hydrogens (tertiary/aromatic N) is 2. The van der Waals surface area contributed by atoms with E-state index in [2.05, 4.69) is 6.07 Å². The second-order valence-electron chi connectivity index (χ2n) is 7.30. The summed E-state index contributed by atoms with van der Waals surface area (Å²) in [5.41, 5.74) is 9.67. The Morgan fingerprint density at radius 2 is 1.77 bits per heavy atom. The number of thiophene rings is 1. The molecule has 0 fully saturated rings. The van der Waals surface area contributed by atoms with Gasteiger partial charge in [-0.05, 0) is 42.6 Å².